The van der Waals surface area contributed by atoms with Gasteiger partial charge in [0.2, 0.25) is 0 Å². The molecule has 1 amide bonds. The quantitative estimate of drug-likeness (QED) is 0.905. The van der Waals surface area contributed by atoms with E-state index in [1.165, 1.54) is 0 Å². The first kappa shape index (κ1) is 13.9. The molecule has 0 unspecified atom stereocenters. The summed E-state index contributed by atoms with van der Waals surface area (Å²) < 4.78 is 0. The standard InChI is InChI=1S/C16H19N3O2/c20-11-16(7-2-1-3-8-16)19-15(21)12-5-4-6-13-14(12)18-10-9-17-13/h4-6,9-10,20H,1-3,7-8,11H2,(H,19,21). The third-order valence-electron chi connectivity index (χ3n) is 4.24. The van der Waals surface area contributed by atoms with E-state index in [0.29, 0.717) is 16.6 Å². The van der Waals surface area contributed by atoms with E-state index in [9.17, 15) is 9.90 Å². The van der Waals surface area contributed by atoms with Crippen LogP contribution in [-0.2, 0) is 0 Å². The number of amides is 1. The van der Waals surface area contributed by atoms with Crippen LogP contribution in [0, 0.1) is 0 Å². The first-order valence-corrected chi connectivity index (χ1v) is 7.37. The molecule has 2 aromatic rings. The van der Waals surface area contributed by atoms with Crippen molar-refractivity contribution in [3.63, 3.8) is 0 Å². The number of para-hydroxylation sites is 1. The summed E-state index contributed by atoms with van der Waals surface area (Å²) in [5.74, 6) is -0.183. The molecule has 3 rings (SSSR count). The molecule has 0 bridgehead atoms. The van der Waals surface area contributed by atoms with Gasteiger partial charge in [-0.15, -0.1) is 0 Å². The Morgan fingerprint density at radius 2 is 1.95 bits per heavy atom. The van der Waals surface area contributed by atoms with Gasteiger partial charge in [-0.05, 0) is 25.0 Å². The summed E-state index contributed by atoms with van der Waals surface area (Å²) in [7, 11) is 0. The maximum absolute atomic E-state index is 12.6. The molecule has 1 aromatic carbocycles. The van der Waals surface area contributed by atoms with Crippen molar-refractivity contribution in [2.24, 2.45) is 0 Å². The zero-order chi connectivity index (χ0) is 14.7. The molecule has 0 saturated heterocycles. The molecule has 0 spiro atoms. The number of fused-ring (bicyclic) bond motifs is 1. The van der Waals surface area contributed by atoms with Crippen LogP contribution in [0.2, 0.25) is 0 Å². The van der Waals surface area contributed by atoms with Gasteiger partial charge in [0.25, 0.3) is 5.91 Å². The molecule has 1 fully saturated rings. The summed E-state index contributed by atoms with van der Waals surface area (Å²) in [5.41, 5.74) is 1.33. The molecule has 0 aliphatic heterocycles. The third-order valence-corrected chi connectivity index (χ3v) is 4.24. The molecule has 1 aliphatic rings. The van der Waals surface area contributed by atoms with Crippen LogP contribution in [0.3, 0.4) is 0 Å². The summed E-state index contributed by atoms with van der Waals surface area (Å²) in [5, 5.41) is 12.7. The number of aromatic nitrogens is 2. The topological polar surface area (TPSA) is 75.1 Å². The van der Waals surface area contributed by atoms with Crippen LogP contribution < -0.4 is 5.32 Å². The predicted molar refractivity (Wildman–Crippen MR) is 79.9 cm³/mol. The van der Waals surface area contributed by atoms with Crippen molar-refractivity contribution >= 4 is 16.9 Å². The fourth-order valence-corrected chi connectivity index (χ4v) is 3.04. The van der Waals surface area contributed by atoms with Gasteiger partial charge in [-0.25, -0.2) is 0 Å². The minimum absolute atomic E-state index is 0.0187. The second kappa shape index (κ2) is 5.77. The molecular formula is C16H19N3O2. The summed E-state index contributed by atoms with van der Waals surface area (Å²) in [6.07, 6.45) is 8.09. The Hall–Kier alpha value is -2.01. The van der Waals surface area contributed by atoms with Gasteiger partial charge in [0.15, 0.2) is 0 Å². The lowest BCUT2D eigenvalue weighted by atomic mass is 9.82. The second-order valence-corrected chi connectivity index (χ2v) is 5.68. The van der Waals surface area contributed by atoms with Crippen molar-refractivity contribution in [2.75, 3.05) is 6.61 Å². The van der Waals surface area contributed by atoms with Gasteiger partial charge >= 0.3 is 0 Å². The van der Waals surface area contributed by atoms with E-state index in [1.54, 1.807) is 24.5 Å². The highest BCUT2D eigenvalue weighted by Gasteiger charge is 2.33. The summed E-state index contributed by atoms with van der Waals surface area (Å²) in [6.45, 7) is -0.0187. The molecule has 1 aromatic heterocycles. The van der Waals surface area contributed by atoms with Gasteiger partial charge in [0, 0.05) is 12.4 Å². The number of aliphatic hydroxyl groups is 1. The maximum Gasteiger partial charge on any atom is 0.254 e. The van der Waals surface area contributed by atoms with E-state index in [0.717, 1.165) is 32.1 Å². The fourth-order valence-electron chi connectivity index (χ4n) is 3.04. The number of rotatable bonds is 3. The number of nitrogens with zero attached hydrogens (tertiary/aromatic N) is 2. The van der Waals surface area contributed by atoms with Crippen LogP contribution in [0.1, 0.15) is 42.5 Å². The van der Waals surface area contributed by atoms with Crippen LogP contribution in [-0.4, -0.2) is 33.1 Å². The normalized spacial score (nSPS) is 17.6. The van der Waals surface area contributed by atoms with E-state index in [1.807, 2.05) is 6.07 Å². The molecular weight excluding hydrogens is 266 g/mol. The van der Waals surface area contributed by atoms with E-state index in [4.69, 9.17) is 0 Å². The number of aliphatic hydroxyl groups excluding tert-OH is 1. The monoisotopic (exact) mass is 285 g/mol. The average molecular weight is 285 g/mol. The lowest BCUT2D eigenvalue weighted by Gasteiger charge is -2.36. The van der Waals surface area contributed by atoms with E-state index >= 15 is 0 Å². The molecule has 1 saturated carbocycles. The molecule has 1 aliphatic carbocycles. The Morgan fingerprint density at radius 3 is 2.71 bits per heavy atom. The van der Waals surface area contributed by atoms with E-state index in [2.05, 4.69) is 15.3 Å². The number of carbonyl (C=O) groups excluding carboxylic acids is 1. The molecule has 5 nitrogen and oxygen atoms in total. The van der Waals surface area contributed by atoms with Crippen molar-refractivity contribution in [1.82, 2.24) is 15.3 Å². The zero-order valence-electron chi connectivity index (χ0n) is 11.9. The number of hydrogen-bond donors (Lipinski definition) is 2. The largest absolute Gasteiger partial charge is 0.394 e. The van der Waals surface area contributed by atoms with Gasteiger partial charge in [0.05, 0.1) is 23.2 Å². The van der Waals surface area contributed by atoms with Crippen LogP contribution in [0.5, 0.6) is 0 Å². The van der Waals surface area contributed by atoms with E-state index < -0.39 is 5.54 Å². The van der Waals surface area contributed by atoms with Crippen molar-refractivity contribution in [3.8, 4) is 0 Å². The highest BCUT2D eigenvalue weighted by Crippen LogP contribution is 2.28. The van der Waals surface area contributed by atoms with Crippen molar-refractivity contribution in [3.05, 3.63) is 36.2 Å². The first-order chi connectivity index (χ1) is 10.2. The Balaban J connectivity index is 1.90. The SMILES string of the molecule is O=C(NC1(CO)CCCCC1)c1cccc2nccnc12. The van der Waals surface area contributed by atoms with Crippen molar-refractivity contribution in [2.45, 2.75) is 37.6 Å². The van der Waals surface area contributed by atoms with Gasteiger partial charge < -0.3 is 10.4 Å². The Kier molecular flexibility index (Phi) is 3.84. The van der Waals surface area contributed by atoms with E-state index in [-0.39, 0.29) is 12.5 Å². The molecule has 1 heterocycles. The number of benzene rings is 1. The van der Waals surface area contributed by atoms with Crippen LogP contribution >= 0.6 is 0 Å². The molecule has 5 heteroatoms. The van der Waals surface area contributed by atoms with Gasteiger partial charge in [0.1, 0.15) is 5.52 Å². The second-order valence-electron chi connectivity index (χ2n) is 5.68. The molecule has 110 valence electrons. The van der Waals surface area contributed by atoms with Gasteiger partial charge in [-0.3, -0.25) is 14.8 Å². The van der Waals surface area contributed by atoms with Crippen molar-refractivity contribution < 1.29 is 9.90 Å². The molecule has 0 radical (unpaired) electrons. The first-order valence-electron chi connectivity index (χ1n) is 7.37. The summed E-state index contributed by atoms with van der Waals surface area (Å²) in [6, 6.07) is 5.39. The highest BCUT2D eigenvalue weighted by atomic mass is 16.3. The van der Waals surface area contributed by atoms with Gasteiger partial charge in [-0.2, -0.15) is 0 Å². The number of hydrogen-bond acceptors (Lipinski definition) is 4. The minimum atomic E-state index is -0.486. The maximum atomic E-state index is 12.6. The van der Waals surface area contributed by atoms with Crippen LogP contribution in [0.15, 0.2) is 30.6 Å². The lowest BCUT2D eigenvalue weighted by molar-refractivity contribution is 0.0760. The smallest absolute Gasteiger partial charge is 0.254 e. The highest BCUT2D eigenvalue weighted by molar-refractivity contribution is 6.04. The Labute approximate surface area is 123 Å². The molecule has 0 atom stereocenters. The Morgan fingerprint density at radius 1 is 1.19 bits per heavy atom. The Bertz CT molecular complexity index is 646. The van der Waals surface area contributed by atoms with Gasteiger partial charge in [-0.1, -0.05) is 25.3 Å². The van der Waals surface area contributed by atoms with Crippen LogP contribution in [0.4, 0.5) is 0 Å². The fraction of sp³-hybridized carbons (Fsp3) is 0.438. The summed E-state index contributed by atoms with van der Waals surface area (Å²) >= 11 is 0. The average Bonchev–Trinajstić information content (AvgIpc) is 2.55. The van der Waals surface area contributed by atoms with Crippen molar-refractivity contribution in [1.29, 1.82) is 0 Å². The zero-order valence-corrected chi connectivity index (χ0v) is 11.9. The molecule has 2 N–H and O–H groups in total. The third kappa shape index (κ3) is 2.74. The molecule has 21 heavy (non-hydrogen) atoms. The minimum Gasteiger partial charge on any atom is -0.394 e. The lowest BCUT2D eigenvalue weighted by Crippen LogP contribution is -2.52. The number of carbonyl (C=O) groups is 1. The predicted octanol–water partition coefficient (Wildman–Crippen LogP) is 2.05. The van der Waals surface area contributed by atoms with Crippen LogP contribution in [0.25, 0.3) is 11.0 Å². The number of nitrogens with one attached hydrogen (secondary N) is 1. The summed E-state index contributed by atoms with van der Waals surface area (Å²) in [4.78, 5) is 21.1.